The number of nitrogens with zero attached hydrogens (tertiary/aromatic N) is 1. The monoisotopic (exact) mass is 451 g/mol. The van der Waals surface area contributed by atoms with Crippen LogP contribution < -0.4 is 24.5 Å². The van der Waals surface area contributed by atoms with Gasteiger partial charge in [0, 0.05) is 23.8 Å². The lowest BCUT2D eigenvalue weighted by molar-refractivity contribution is -0.275. The molecule has 4 unspecified atom stereocenters. The maximum Gasteiger partial charge on any atom is 0.263 e. The second-order valence-electron chi connectivity index (χ2n) is 8.50. The number of fused-ring (bicyclic) bond motifs is 2. The molecule has 0 N–H and O–H groups in total. The molecule has 4 atom stereocenters. The minimum Gasteiger partial charge on any atom is -0.498 e. The van der Waals surface area contributed by atoms with Crippen molar-refractivity contribution < 1.29 is 28.5 Å². The largest absolute Gasteiger partial charge is 0.498 e. The highest BCUT2D eigenvalue weighted by Crippen LogP contribution is 2.45. The Labute approximate surface area is 190 Å². The van der Waals surface area contributed by atoms with E-state index in [1.807, 2.05) is 26.0 Å². The fourth-order valence-corrected chi connectivity index (χ4v) is 5.09. The van der Waals surface area contributed by atoms with Crippen molar-refractivity contribution in [2.24, 2.45) is 0 Å². The summed E-state index contributed by atoms with van der Waals surface area (Å²) in [5.74, 6) is 1.20. The molecule has 0 bridgehead atoms. The number of ether oxygens (including phenoxy) is 3. The van der Waals surface area contributed by atoms with Crippen molar-refractivity contribution in [2.45, 2.75) is 38.5 Å². The van der Waals surface area contributed by atoms with Gasteiger partial charge in [0.1, 0.15) is 43.2 Å². The number of hydrogen-bond donors (Lipinski definition) is 0. The lowest BCUT2D eigenvalue weighted by Crippen LogP contribution is -2.69. The summed E-state index contributed by atoms with van der Waals surface area (Å²) in [7, 11) is 0. The summed E-state index contributed by atoms with van der Waals surface area (Å²) < 4.78 is 22.7. The van der Waals surface area contributed by atoms with Crippen LogP contribution in [0.4, 0.5) is 10.5 Å². The smallest absolute Gasteiger partial charge is 0.263 e. The van der Waals surface area contributed by atoms with E-state index in [0.717, 1.165) is 5.56 Å². The normalized spacial score (nSPS) is 26.8. The molecule has 33 heavy (non-hydrogen) atoms. The van der Waals surface area contributed by atoms with Crippen LogP contribution in [0.5, 0.6) is 11.5 Å². The fraction of sp³-hybridized carbons (Fsp3) is 0.360. The van der Waals surface area contributed by atoms with E-state index in [1.54, 1.807) is 24.3 Å². The SMILES string of the molecule is CCC1C[N+](C(=O)[O-])(c2ccc3c(=O)ccoc3c2)C(c2ccc3c(c2)OCCO3)C(C)O1. The standard InChI is InChI=1S/C25H25NO7/c1-3-18-14-26(25(28)29,17-5-6-19-20(27)8-9-30-22(19)13-17)24(15(2)33-18)16-4-7-21-23(12-16)32-11-10-31-21/h4-9,12-13,15,18,24H,3,10-11,14H2,1-2H3. The van der Waals surface area contributed by atoms with Crippen molar-refractivity contribution in [1.82, 2.24) is 4.48 Å². The number of carboxylic acid groups (broad SMARTS) is 1. The van der Waals surface area contributed by atoms with E-state index in [4.69, 9.17) is 18.6 Å². The van der Waals surface area contributed by atoms with Gasteiger partial charge in [-0.1, -0.05) is 6.92 Å². The van der Waals surface area contributed by atoms with E-state index in [9.17, 15) is 14.7 Å². The molecular formula is C25H25NO7. The molecule has 3 heterocycles. The number of quaternary nitrogens is 1. The lowest BCUT2D eigenvalue weighted by atomic mass is 9.92. The third-order valence-electron chi connectivity index (χ3n) is 6.61. The fourth-order valence-electron chi connectivity index (χ4n) is 5.09. The molecule has 8 nitrogen and oxygen atoms in total. The molecule has 172 valence electrons. The Kier molecular flexibility index (Phi) is 5.34. The van der Waals surface area contributed by atoms with Crippen molar-refractivity contribution in [2.75, 3.05) is 19.8 Å². The molecule has 0 saturated carbocycles. The van der Waals surface area contributed by atoms with Gasteiger partial charge in [0.25, 0.3) is 6.09 Å². The van der Waals surface area contributed by atoms with Gasteiger partial charge in [-0.2, -0.15) is 0 Å². The van der Waals surface area contributed by atoms with Crippen LogP contribution in [0, 0.1) is 0 Å². The highest BCUT2D eigenvalue weighted by molar-refractivity contribution is 5.86. The third kappa shape index (κ3) is 3.46. The number of rotatable bonds is 3. The van der Waals surface area contributed by atoms with E-state index >= 15 is 0 Å². The Bertz CT molecular complexity index is 1270. The van der Waals surface area contributed by atoms with E-state index in [1.165, 1.54) is 12.3 Å². The molecule has 1 aromatic heterocycles. The predicted octanol–water partition coefficient (Wildman–Crippen LogP) is 3.15. The summed E-state index contributed by atoms with van der Waals surface area (Å²) in [4.78, 5) is 25.2. The average molecular weight is 451 g/mol. The molecule has 0 radical (unpaired) electrons. The summed E-state index contributed by atoms with van der Waals surface area (Å²) in [6.45, 7) is 4.90. The van der Waals surface area contributed by atoms with Gasteiger partial charge in [-0.3, -0.25) is 4.79 Å². The molecule has 5 rings (SSSR count). The van der Waals surface area contributed by atoms with E-state index in [0.29, 0.717) is 47.8 Å². The van der Waals surface area contributed by atoms with Crippen molar-refractivity contribution in [3.63, 3.8) is 0 Å². The number of carbonyl (C=O) groups excluding carboxylic acids is 1. The van der Waals surface area contributed by atoms with Crippen molar-refractivity contribution in [1.29, 1.82) is 0 Å². The zero-order valence-corrected chi connectivity index (χ0v) is 18.5. The number of carbonyl (C=O) groups is 1. The van der Waals surface area contributed by atoms with Gasteiger partial charge in [0.05, 0.1) is 11.6 Å². The molecule has 0 spiro atoms. The van der Waals surface area contributed by atoms with Gasteiger partial charge in [0.15, 0.2) is 23.0 Å². The van der Waals surface area contributed by atoms with Gasteiger partial charge >= 0.3 is 0 Å². The van der Waals surface area contributed by atoms with Gasteiger partial charge in [0.2, 0.25) is 0 Å². The average Bonchev–Trinajstić information content (AvgIpc) is 2.83. The maximum atomic E-state index is 13.0. The minimum atomic E-state index is -1.25. The van der Waals surface area contributed by atoms with Gasteiger partial charge in [-0.05, 0) is 37.6 Å². The third-order valence-corrected chi connectivity index (χ3v) is 6.61. The molecule has 1 amide bonds. The first-order valence-electron chi connectivity index (χ1n) is 11.1. The summed E-state index contributed by atoms with van der Waals surface area (Å²) >= 11 is 0. The van der Waals surface area contributed by atoms with Crippen LogP contribution >= 0.6 is 0 Å². The van der Waals surface area contributed by atoms with Crippen LogP contribution in [0.2, 0.25) is 0 Å². The first-order valence-corrected chi connectivity index (χ1v) is 11.1. The number of benzene rings is 2. The topological polar surface area (TPSA) is 98.0 Å². The first kappa shape index (κ1) is 21.5. The Morgan fingerprint density at radius 1 is 1.09 bits per heavy atom. The predicted molar refractivity (Wildman–Crippen MR) is 119 cm³/mol. The molecular weight excluding hydrogens is 426 g/mol. The molecule has 2 aromatic carbocycles. The Morgan fingerprint density at radius 2 is 1.88 bits per heavy atom. The second kappa shape index (κ2) is 8.20. The van der Waals surface area contributed by atoms with Gasteiger partial charge in [-0.15, -0.1) is 0 Å². The zero-order valence-electron chi connectivity index (χ0n) is 18.5. The molecule has 1 fully saturated rings. The highest BCUT2D eigenvalue weighted by atomic mass is 16.6. The first-order chi connectivity index (χ1) is 15.9. The summed E-state index contributed by atoms with van der Waals surface area (Å²) in [5, 5.41) is 13.4. The van der Waals surface area contributed by atoms with Crippen LogP contribution in [-0.4, -0.2) is 38.1 Å². The number of hydrogen-bond acceptors (Lipinski definition) is 7. The quantitative estimate of drug-likeness (QED) is 0.564. The highest BCUT2D eigenvalue weighted by Gasteiger charge is 2.52. The van der Waals surface area contributed by atoms with E-state index in [2.05, 4.69) is 0 Å². The lowest BCUT2D eigenvalue weighted by Gasteiger charge is -2.51. The Balaban J connectivity index is 1.72. The van der Waals surface area contributed by atoms with Gasteiger partial charge in [-0.25, -0.2) is 4.48 Å². The van der Waals surface area contributed by atoms with Gasteiger partial charge < -0.3 is 28.5 Å². The Morgan fingerprint density at radius 3 is 2.64 bits per heavy atom. The van der Waals surface area contributed by atoms with Crippen LogP contribution in [0.15, 0.2) is 57.9 Å². The molecule has 3 aromatic rings. The Hall–Kier alpha value is -3.36. The van der Waals surface area contributed by atoms with Crippen LogP contribution in [0.3, 0.4) is 0 Å². The number of morpholine rings is 1. The van der Waals surface area contributed by atoms with Crippen LogP contribution in [-0.2, 0) is 4.74 Å². The molecule has 0 aliphatic carbocycles. The zero-order chi connectivity index (χ0) is 23.2. The molecule has 2 aliphatic rings. The van der Waals surface area contributed by atoms with Crippen molar-refractivity contribution in [3.8, 4) is 11.5 Å². The van der Waals surface area contributed by atoms with Crippen LogP contribution in [0.25, 0.3) is 11.0 Å². The maximum absolute atomic E-state index is 13.0. The summed E-state index contributed by atoms with van der Waals surface area (Å²) in [5.41, 5.74) is 1.34. The minimum absolute atomic E-state index is 0.171. The summed E-state index contributed by atoms with van der Waals surface area (Å²) in [6, 6.07) is 11.1. The number of amides is 1. The summed E-state index contributed by atoms with van der Waals surface area (Å²) in [6.07, 6.45) is -0.0188. The van der Waals surface area contributed by atoms with E-state index in [-0.39, 0.29) is 18.1 Å². The molecule has 1 saturated heterocycles. The second-order valence-corrected chi connectivity index (χ2v) is 8.50. The van der Waals surface area contributed by atoms with Crippen molar-refractivity contribution >= 4 is 22.7 Å². The van der Waals surface area contributed by atoms with Crippen LogP contribution in [0.1, 0.15) is 31.9 Å². The molecule has 8 heteroatoms. The van der Waals surface area contributed by atoms with E-state index < -0.39 is 22.7 Å². The van der Waals surface area contributed by atoms with Crippen molar-refractivity contribution in [3.05, 3.63) is 64.5 Å². The molecule has 2 aliphatic heterocycles.